The quantitative estimate of drug-likeness (QED) is 0.655. The number of hydrogen-bond acceptors (Lipinski definition) is 2. The maximum atomic E-state index is 12.7. The molecule has 1 saturated carbocycles. The van der Waals surface area contributed by atoms with Crippen molar-refractivity contribution in [3.05, 3.63) is 65.7 Å². The number of carbonyl (C=O) groups excluding carboxylic acids is 2. The Balaban J connectivity index is 1.50. The van der Waals surface area contributed by atoms with Gasteiger partial charge in [-0.15, -0.1) is 0 Å². The summed E-state index contributed by atoms with van der Waals surface area (Å²) in [6, 6.07) is 18.1. The molecule has 2 N–H and O–H groups in total. The topological polar surface area (TPSA) is 58.2 Å². The zero-order chi connectivity index (χ0) is 19.1. The summed E-state index contributed by atoms with van der Waals surface area (Å²) in [5.41, 5.74) is 2.75. The minimum absolute atomic E-state index is 0.0301. The fourth-order valence-electron chi connectivity index (χ4n) is 3.40. The minimum atomic E-state index is -0.376. The highest BCUT2D eigenvalue weighted by molar-refractivity contribution is 5.92. The summed E-state index contributed by atoms with van der Waals surface area (Å²) in [6.07, 6.45) is 5.04. The predicted octanol–water partition coefficient (Wildman–Crippen LogP) is 4.21. The van der Waals surface area contributed by atoms with Crippen molar-refractivity contribution in [1.82, 2.24) is 5.32 Å². The van der Waals surface area contributed by atoms with E-state index in [1.807, 2.05) is 49.4 Å². The third-order valence-corrected chi connectivity index (χ3v) is 5.15. The molecule has 2 aromatic rings. The van der Waals surface area contributed by atoms with Crippen LogP contribution in [0.1, 0.15) is 50.2 Å². The van der Waals surface area contributed by atoms with Crippen molar-refractivity contribution in [3.63, 3.8) is 0 Å². The number of anilines is 1. The van der Waals surface area contributed by atoms with Gasteiger partial charge in [0.15, 0.2) is 0 Å². The van der Waals surface area contributed by atoms with Crippen LogP contribution in [0.25, 0.3) is 0 Å². The summed E-state index contributed by atoms with van der Waals surface area (Å²) in [4.78, 5) is 24.4. The third kappa shape index (κ3) is 4.97. The van der Waals surface area contributed by atoms with E-state index >= 15 is 0 Å². The average molecular weight is 364 g/mol. The number of rotatable bonds is 9. The average Bonchev–Trinajstić information content (AvgIpc) is 3.49. The molecule has 4 heteroatoms. The van der Waals surface area contributed by atoms with E-state index in [0.717, 1.165) is 43.4 Å². The minimum Gasteiger partial charge on any atom is -0.355 e. The number of aryl methyl sites for hydroxylation is 1. The number of hydrogen-bond donors (Lipinski definition) is 2. The first-order valence-electron chi connectivity index (χ1n) is 9.87. The molecule has 0 aliphatic heterocycles. The SMILES string of the molecule is CCCC(=O)Nc1ccc(C2(C(=O)NCCCc3ccccc3)CC2)cc1. The lowest BCUT2D eigenvalue weighted by atomic mass is 9.94. The summed E-state index contributed by atoms with van der Waals surface area (Å²) in [5.74, 6) is 0.154. The van der Waals surface area contributed by atoms with Crippen LogP contribution in [-0.4, -0.2) is 18.4 Å². The second kappa shape index (κ2) is 8.85. The maximum Gasteiger partial charge on any atom is 0.230 e. The van der Waals surface area contributed by atoms with Gasteiger partial charge in [0.1, 0.15) is 0 Å². The van der Waals surface area contributed by atoms with Gasteiger partial charge in [-0.25, -0.2) is 0 Å². The molecule has 142 valence electrons. The Kier molecular flexibility index (Phi) is 6.28. The molecule has 0 atom stereocenters. The van der Waals surface area contributed by atoms with E-state index in [9.17, 15) is 9.59 Å². The third-order valence-electron chi connectivity index (χ3n) is 5.15. The van der Waals surface area contributed by atoms with Crippen LogP contribution in [0.5, 0.6) is 0 Å². The van der Waals surface area contributed by atoms with E-state index in [1.165, 1.54) is 5.56 Å². The van der Waals surface area contributed by atoms with Gasteiger partial charge in [-0.2, -0.15) is 0 Å². The smallest absolute Gasteiger partial charge is 0.230 e. The highest BCUT2D eigenvalue weighted by Crippen LogP contribution is 2.48. The number of nitrogens with one attached hydrogen (secondary N) is 2. The van der Waals surface area contributed by atoms with Crippen LogP contribution >= 0.6 is 0 Å². The van der Waals surface area contributed by atoms with Gasteiger partial charge < -0.3 is 10.6 Å². The summed E-state index contributed by atoms with van der Waals surface area (Å²) in [6.45, 7) is 2.68. The summed E-state index contributed by atoms with van der Waals surface area (Å²) >= 11 is 0. The molecule has 0 unspecified atom stereocenters. The second-order valence-electron chi connectivity index (χ2n) is 7.30. The molecule has 0 aromatic heterocycles. The Hall–Kier alpha value is -2.62. The summed E-state index contributed by atoms with van der Waals surface area (Å²) in [5, 5.41) is 6.00. The number of amides is 2. The lowest BCUT2D eigenvalue weighted by molar-refractivity contribution is -0.123. The van der Waals surface area contributed by atoms with Crippen molar-refractivity contribution in [2.24, 2.45) is 0 Å². The molecule has 4 nitrogen and oxygen atoms in total. The van der Waals surface area contributed by atoms with Gasteiger partial charge in [0, 0.05) is 18.7 Å². The monoisotopic (exact) mass is 364 g/mol. The fraction of sp³-hybridized carbons (Fsp3) is 0.391. The van der Waals surface area contributed by atoms with E-state index in [1.54, 1.807) is 0 Å². The van der Waals surface area contributed by atoms with Crippen molar-refractivity contribution in [1.29, 1.82) is 0 Å². The zero-order valence-electron chi connectivity index (χ0n) is 16.0. The van der Waals surface area contributed by atoms with Gasteiger partial charge >= 0.3 is 0 Å². The lowest BCUT2D eigenvalue weighted by Crippen LogP contribution is -2.35. The molecule has 1 fully saturated rings. The van der Waals surface area contributed by atoms with E-state index < -0.39 is 0 Å². The first kappa shape index (κ1) is 19.2. The summed E-state index contributed by atoms with van der Waals surface area (Å²) in [7, 11) is 0. The van der Waals surface area contributed by atoms with Crippen LogP contribution in [0.3, 0.4) is 0 Å². The number of carbonyl (C=O) groups is 2. The Labute approximate surface area is 161 Å². The highest BCUT2D eigenvalue weighted by atomic mass is 16.2. The van der Waals surface area contributed by atoms with Crippen LogP contribution in [0.2, 0.25) is 0 Å². The Morgan fingerprint density at radius 1 is 1.00 bits per heavy atom. The molecule has 0 bridgehead atoms. The van der Waals surface area contributed by atoms with Gasteiger partial charge in [-0.05, 0) is 55.4 Å². The van der Waals surface area contributed by atoms with Crippen molar-refractivity contribution < 1.29 is 9.59 Å². The van der Waals surface area contributed by atoms with Crippen molar-refractivity contribution in [3.8, 4) is 0 Å². The molecule has 0 heterocycles. The standard InChI is InChI=1S/C23H28N2O2/c1-2-7-21(26)25-20-13-11-19(12-14-20)23(15-16-23)22(27)24-17-6-10-18-8-4-3-5-9-18/h3-5,8-9,11-14H,2,6-7,10,15-17H2,1H3,(H,24,27)(H,25,26). The van der Waals surface area contributed by atoms with Gasteiger partial charge in [-0.1, -0.05) is 49.4 Å². The molecular weight excluding hydrogens is 336 g/mol. The van der Waals surface area contributed by atoms with Crippen molar-refractivity contribution in [2.45, 2.75) is 50.9 Å². The molecule has 2 aromatic carbocycles. The Morgan fingerprint density at radius 2 is 1.70 bits per heavy atom. The van der Waals surface area contributed by atoms with Crippen LogP contribution in [0, 0.1) is 0 Å². The Morgan fingerprint density at radius 3 is 2.33 bits per heavy atom. The van der Waals surface area contributed by atoms with E-state index in [2.05, 4.69) is 22.8 Å². The predicted molar refractivity (Wildman–Crippen MR) is 109 cm³/mol. The van der Waals surface area contributed by atoms with Gasteiger partial charge in [0.25, 0.3) is 0 Å². The van der Waals surface area contributed by atoms with Crippen LogP contribution in [0.15, 0.2) is 54.6 Å². The molecule has 0 radical (unpaired) electrons. The first-order chi connectivity index (χ1) is 13.1. The molecule has 0 spiro atoms. The molecule has 1 aliphatic carbocycles. The maximum absolute atomic E-state index is 12.7. The van der Waals surface area contributed by atoms with Gasteiger partial charge in [0.2, 0.25) is 11.8 Å². The molecule has 1 aliphatic rings. The van der Waals surface area contributed by atoms with Crippen molar-refractivity contribution in [2.75, 3.05) is 11.9 Å². The molecule has 2 amide bonds. The van der Waals surface area contributed by atoms with E-state index in [-0.39, 0.29) is 17.2 Å². The highest BCUT2D eigenvalue weighted by Gasteiger charge is 2.50. The number of benzene rings is 2. The van der Waals surface area contributed by atoms with Crippen LogP contribution in [0.4, 0.5) is 5.69 Å². The Bertz CT molecular complexity index is 765. The van der Waals surface area contributed by atoms with Crippen LogP contribution < -0.4 is 10.6 Å². The molecule has 0 saturated heterocycles. The van der Waals surface area contributed by atoms with E-state index in [0.29, 0.717) is 13.0 Å². The molecular formula is C23H28N2O2. The zero-order valence-corrected chi connectivity index (χ0v) is 16.0. The van der Waals surface area contributed by atoms with Crippen LogP contribution in [-0.2, 0) is 21.4 Å². The van der Waals surface area contributed by atoms with E-state index in [4.69, 9.17) is 0 Å². The fourth-order valence-corrected chi connectivity index (χ4v) is 3.40. The van der Waals surface area contributed by atoms with Gasteiger partial charge in [0.05, 0.1) is 5.41 Å². The summed E-state index contributed by atoms with van der Waals surface area (Å²) < 4.78 is 0. The normalized spacial score (nSPS) is 14.4. The first-order valence-corrected chi connectivity index (χ1v) is 9.87. The largest absolute Gasteiger partial charge is 0.355 e. The lowest BCUT2D eigenvalue weighted by Gasteiger charge is -2.16. The molecule has 3 rings (SSSR count). The molecule has 27 heavy (non-hydrogen) atoms. The van der Waals surface area contributed by atoms with Gasteiger partial charge in [-0.3, -0.25) is 9.59 Å². The second-order valence-corrected chi connectivity index (χ2v) is 7.30. The van der Waals surface area contributed by atoms with Crippen molar-refractivity contribution >= 4 is 17.5 Å².